The molecule has 5 nitrogen and oxygen atoms in total. The first-order valence-electron chi connectivity index (χ1n) is 7.10. The van der Waals surface area contributed by atoms with Gasteiger partial charge in [-0.2, -0.15) is 0 Å². The second-order valence-corrected chi connectivity index (χ2v) is 4.77. The van der Waals surface area contributed by atoms with E-state index in [0.717, 1.165) is 30.2 Å². The molecule has 0 aliphatic carbocycles. The van der Waals surface area contributed by atoms with Crippen LogP contribution in [0, 0.1) is 6.92 Å². The second-order valence-electron chi connectivity index (χ2n) is 4.77. The number of carbonyl (C=O) groups is 1. The third-order valence-corrected chi connectivity index (χ3v) is 3.25. The number of aromatic nitrogens is 2. The summed E-state index contributed by atoms with van der Waals surface area (Å²) >= 11 is 0. The van der Waals surface area contributed by atoms with Crippen LogP contribution in [-0.2, 0) is 0 Å². The summed E-state index contributed by atoms with van der Waals surface area (Å²) in [6, 6.07) is 11.2. The number of nitrogens with zero attached hydrogens (tertiary/aromatic N) is 3. The molecule has 0 radical (unpaired) electrons. The summed E-state index contributed by atoms with van der Waals surface area (Å²) in [5.74, 6) is 0.534. The Hall–Kier alpha value is -2.43. The number of hydrogen-bond donors (Lipinski definition) is 1. The van der Waals surface area contributed by atoms with E-state index >= 15 is 0 Å². The van der Waals surface area contributed by atoms with Crippen molar-refractivity contribution in [3.05, 3.63) is 47.7 Å². The predicted octanol–water partition coefficient (Wildman–Crippen LogP) is 2.88. The largest absolute Gasteiger partial charge is 0.356 e. The lowest BCUT2D eigenvalue weighted by Crippen LogP contribution is -2.24. The van der Waals surface area contributed by atoms with Crippen LogP contribution in [0.4, 0.5) is 11.5 Å². The molecule has 1 N–H and O–H groups in total. The number of carbonyl (C=O) groups excluding carboxylic acids is 1. The summed E-state index contributed by atoms with van der Waals surface area (Å²) in [6.07, 6.45) is 0. The zero-order chi connectivity index (χ0) is 15.2. The third-order valence-electron chi connectivity index (χ3n) is 3.25. The van der Waals surface area contributed by atoms with Gasteiger partial charge in [0.25, 0.3) is 5.91 Å². The lowest BCUT2D eigenvalue weighted by molar-refractivity contribution is 0.102. The van der Waals surface area contributed by atoms with Crippen LogP contribution in [0.5, 0.6) is 0 Å². The monoisotopic (exact) mass is 284 g/mol. The average molecular weight is 284 g/mol. The summed E-state index contributed by atoms with van der Waals surface area (Å²) in [4.78, 5) is 14.2. The first kappa shape index (κ1) is 15.0. The van der Waals surface area contributed by atoms with Crippen LogP contribution in [0.25, 0.3) is 0 Å². The molecule has 0 unspecified atom stereocenters. The molecular formula is C16H20N4O. The SMILES string of the molecule is CCN(CC)c1ccc(C(=O)Nc2cccc(C)c2)nn1. The van der Waals surface area contributed by atoms with Crippen LogP contribution in [0.15, 0.2) is 36.4 Å². The fraction of sp³-hybridized carbons (Fsp3) is 0.312. The van der Waals surface area contributed by atoms with Crippen molar-refractivity contribution in [1.29, 1.82) is 0 Å². The average Bonchev–Trinajstić information content (AvgIpc) is 2.49. The van der Waals surface area contributed by atoms with E-state index in [9.17, 15) is 4.79 Å². The Bertz CT molecular complexity index is 606. The molecule has 0 aliphatic heterocycles. The van der Waals surface area contributed by atoms with Crippen molar-refractivity contribution in [3.8, 4) is 0 Å². The zero-order valence-corrected chi connectivity index (χ0v) is 12.6. The minimum atomic E-state index is -0.251. The van der Waals surface area contributed by atoms with Crippen molar-refractivity contribution in [2.24, 2.45) is 0 Å². The molecule has 2 aromatic rings. The van der Waals surface area contributed by atoms with Gasteiger partial charge in [0.15, 0.2) is 11.5 Å². The van der Waals surface area contributed by atoms with E-state index in [0.29, 0.717) is 5.69 Å². The van der Waals surface area contributed by atoms with E-state index in [1.54, 1.807) is 6.07 Å². The molecule has 1 amide bonds. The van der Waals surface area contributed by atoms with Crippen molar-refractivity contribution in [1.82, 2.24) is 10.2 Å². The molecule has 0 saturated heterocycles. The molecule has 110 valence electrons. The highest BCUT2D eigenvalue weighted by atomic mass is 16.1. The summed E-state index contributed by atoms with van der Waals surface area (Å²) in [6.45, 7) is 7.82. The number of hydrogen-bond acceptors (Lipinski definition) is 4. The minimum Gasteiger partial charge on any atom is -0.356 e. The van der Waals surface area contributed by atoms with Crippen LogP contribution in [-0.4, -0.2) is 29.2 Å². The van der Waals surface area contributed by atoms with Crippen molar-refractivity contribution >= 4 is 17.4 Å². The Morgan fingerprint density at radius 3 is 2.48 bits per heavy atom. The first-order valence-corrected chi connectivity index (χ1v) is 7.10. The molecule has 0 spiro atoms. The van der Waals surface area contributed by atoms with E-state index in [1.807, 2.05) is 37.3 Å². The molecule has 2 rings (SSSR count). The predicted molar refractivity (Wildman–Crippen MR) is 84.7 cm³/mol. The molecule has 1 heterocycles. The van der Waals surface area contributed by atoms with Crippen LogP contribution in [0.3, 0.4) is 0 Å². The lowest BCUT2D eigenvalue weighted by atomic mass is 10.2. The number of amides is 1. The van der Waals surface area contributed by atoms with Crippen LogP contribution in [0.1, 0.15) is 29.9 Å². The third kappa shape index (κ3) is 3.78. The number of rotatable bonds is 5. The van der Waals surface area contributed by atoms with Crippen molar-refractivity contribution in [2.45, 2.75) is 20.8 Å². The summed E-state index contributed by atoms with van der Waals surface area (Å²) in [7, 11) is 0. The fourth-order valence-corrected chi connectivity index (χ4v) is 2.08. The van der Waals surface area contributed by atoms with E-state index < -0.39 is 0 Å². The fourth-order valence-electron chi connectivity index (χ4n) is 2.08. The smallest absolute Gasteiger partial charge is 0.276 e. The maximum absolute atomic E-state index is 12.1. The number of nitrogens with one attached hydrogen (secondary N) is 1. The van der Waals surface area contributed by atoms with Gasteiger partial charge in [0, 0.05) is 18.8 Å². The Morgan fingerprint density at radius 1 is 1.14 bits per heavy atom. The van der Waals surface area contributed by atoms with Gasteiger partial charge in [0.05, 0.1) is 0 Å². The van der Waals surface area contributed by atoms with Gasteiger partial charge in [0.2, 0.25) is 0 Å². The molecule has 1 aromatic carbocycles. The van der Waals surface area contributed by atoms with Gasteiger partial charge in [-0.1, -0.05) is 12.1 Å². The molecule has 0 bridgehead atoms. The van der Waals surface area contributed by atoms with Crippen LogP contribution < -0.4 is 10.2 Å². The summed E-state index contributed by atoms with van der Waals surface area (Å²) in [5, 5.41) is 10.9. The van der Waals surface area contributed by atoms with Crippen molar-refractivity contribution < 1.29 is 4.79 Å². The Kier molecular flexibility index (Phi) is 4.87. The summed E-state index contributed by atoms with van der Waals surface area (Å²) < 4.78 is 0. The Morgan fingerprint density at radius 2 is 1.90 bits per heavy atom. The van der Waals surface area contributed by atoms with Gasteiger partial charge >= 0.3 is 0 Å². The van der Waals surface area contributed by atoms with Gasteiger partial charge in [-0.15, -0.1) is 10.2 Å². The second kappa shape index (κ2) is 6.83. The molecule has 5 heteroatoms. The van der Waals surface area contributed by atoms with Crippen LogP contribution >= 0.6 is 0 Å². The quantitative estimate of drug-likeness (QED) is 0.917. The van der Waals surface area contributed by atoms with Gasteiger partial charge in [-0.3, -0.25) is 4.79 Å². The standard InChI is InChI=1S/C16H20N4O/c1-4-20(5-2)15-10-9-14(18-19-15)16(21)17-13-8-6-7-12(3)11-13/h6-11H,4-5H2,1-3H3,(H,17,21). The zero-order valence-electron chi connectivity index (χ0n) is 12.6. The molecule has 0 fully saturated rings. The highest BCUT2D eigenvalue weighted by molar-refractivity contribution is 6.02. The van der Waals surface area contributed by atoms with E-state index in [4.69, 9.17) is 0 Å². The maximum atomic E-state index is 12.1. The number of aryl methyl sites for hydroxylation is 1. The molecule has 1 aromatic heterocycles. The maximum Gasteiger partial charge on any atom is 0.276 e. The van der Waals surface area contributed by atoms with E-state index in [-0.39, 0.29) is 5.91 Å². The van der Waals surface area contributed by atoms with Gasteiger partial charge in [-0.05, 0) is 50.6 Å². The van der Waals surface area contributed by atoms with E-state index in [1.165, 1.54) is 0 Å². The molecule has 21 heavy (non-hydrogen) atoms. The highest BCUT2D eigenvalue weighted by Crippen LogP contribution is 2.12. The highest BCUT2D eigenvalue weighted by Gasteiger charge is 2.10. The summed E-state index contributed by atoms with van der Waals surface area (Å²) in [5.41, 5.74) is 2.16. The molecular weight excluding hydrogens is 264 g/mol. The van der Waals surface area contributed by atoms with Crippen molar-refractivity contribution in [3.63, 3.8) is 0 Å². The van der Waals surface area contributed by atoms with Crippen molar-refractivity contribution in [2.75, 3.05) is 23.3 Å². The molecule has 0 aliphatic rings. The molecule has 0 saturated carbocycles. The topological polar surface area (TPSA) is 58.1 Å². The Balaban J connectivity index is 2.09. The molecule has 0 atom stereocenters. The van der Waals surface area contributed by atoms with Gasteiger partial charge in [0.1, 0.15) is 0 Å². The number of benzene rings is 1. The van der Waals surface area contributed by atoms with Gasteiger partial charge < -0.3 is 10.2 Å². The number of anilines is 2. The normalized spacial score (nSPS) is 10.2. The van der Waals surface area contributed by atoms with E-state index in [2.05, 4.69) is 34.3 Å². The van der Waals surface area contributed by atoms with Gasteiger partial charge in [-0.25, -0.2) is 0 Å². The minimum absolute atomic E-state index is 0.251. The van der Waals surface area contributed by atoms with Crippen LogP contribution in [0.2, 0.25) is 0 Å². The Labute approximate surface area is 125 Å². The lowest BCUT2D eigenvalue weighted by Gasteiger charge is -2.18. The first-order chi connectivity index (χ1) is 10.1.